The van der Waals surface area contributed by atoms with E-state index >= 15 is 0 Å². The van der Waals surface area contributed by atoms with Crippen molar-refractivity contribution < 1.29 is 13.6 Å². The quantitative estimate of drug-likeness (QED) is 0.326. The number of nitrogens with one attached hydrogen (secondary N) is 1. The van der Waals surface area contributed by atoms with Crippen LogP contribution in [0.3, 0.4) is 0 Å². The maximum atomic E-state index is 13.8. The van der Waals surface area contributed by atoms with E-state index in [9.17, 15) is 18.4 Å². The van der Waals surface area contributed by atoms with Crippen molar-refractivity contribution >= 4 is 44.9 Å². The number of nitrogens with zero attached hydrogens (tertiary/aromatic N) is 2. The number of allylic oxidation sites excluding steroid dienone is 1. The number of thioether (sulfide) groups is 1. The van der Waals surface area contributed by atoms with Gasteiger partial charge in [0.2, 0.25) is 5.91 Å². The van der Waals surface area contributed by atoms with Gasteiger partial charge in [-0.1, -0.05) is 24.8 Å². The van der Waals surface area contributed by atoms with Crippen LogP contribution >= 0.6 is 23.1 Å². The van der Waals surface area contributed by atoms with Gasteiger partial charge in [0.15, 0.2) is 5.16 Å². The van der Waals surface area contributed by atoms with E-state index in [-0.39, 0.29) is 23.5 Å². The molecule has 1 N–H and O–H groups in total. The third-order valence-corrected chi connectivity index (χ3v) is 7.35. The number of carbonyl (C=O) groups excluding carboxylic acids is 1. The van der Waals surface area contributed by atoms with Gasteiger partial charge in [-0.15, -0.1) is 17.9 Å². The largest absolute Gasteiger partial charge is 0.323 e. The maximum absolute atomic E-state index is 13.8. The Morgan fingerprint density at radius 3 is 3.00 bits per heavy atom. The highest BCUT2D eigenvalue weighted by Crippen LogP contribution is 2.36. The van der Waals surface area contributed by atoms with Gasteiger partial charge >= 0.3 is 0 Å². The molecular formula is C22H21F2N3O2S2. The number of amides is 1. The van der Waals surface area contributed by atoms with E-state index in [1.807, 2.05) is 0 Å². The Balaban J connectivity index is 1.60. The summed E-state index contributed by atoms with van der Waals surface area (Å²) in [5.74, 6) is -1.54. The fraction of sp³-hybridized carbons (Fsp3) is 0.318. The number of fused-ring (bicyclic) bond motifs is 3. The van der Waals surface area contributed by atoms with Gasteiger partial charge in [0, 0.05) is 17.5 Å². The highest BCUT2D eigenvalue weighted by Gasteiger charge is 2.24. The molecule has 1 aliphatic carbocycles. The van der Waals surface area contributed by atoms with Crippen molar-refractivity contribution in [2.75, 3.05) is 11.1 Å². The second-order valence-corrected chi connectivity index (χ2v) is 9.62. The van der Waals surface area contributed by atoms with Crippen LogP contribution < -0.4 is 10.9 Å². The lowest BCUT2D eigenvalue weighted by atomic mass is 9.89. The predicted octanol–water partition coefficient (Wildman–Crippen LogP) is 4.78. The molecule has 0 spiro atoms. The van der Waals surface area contributed by atoms with Gasteiger partial charge in [-0.3, -0.25) is 14.2 Å². The molecule has 2 heterocycles. The number of rotatable bonds is 6. The number of anilines is 1. The van der Waals surface area contributed by atoms with Crippen molar-refractivity contribution in [3.05, 3.63) is 63.3 Å². The average molecular weight is 462 g/mol. The SMILES string of the molecule is C=CCn1c(SCC(=O)Nc2ccc(F)cc2F)nc2sc3c(c2c1=O)CCC(C)C3. The summed E-state index contributed by atoms with van der Waals surface area (Å²) in [4.78, 5) is 32.2. The second kappa shape index (κ2) is 8.92. The summed E-state index contributed by atoms with van der Waals surface area (Å²) in [6.45, 7) is 6.21. The Bertz CT molecular complexity index is 1240. The topological polar surface area (TPSA) is 64.0 Å². The lowest BCUT2D eigenvalue weighted by Gasteiger charge is -2.17. The predicted molar refractivity (Wildman–Crippen MR) is 121 cm³/mol. The van der Waals surface area contributed by atoms with Crippen LogP contribution in [-0.4, -0.2) is 21.2 Å². The lowest BCUT2D eigenvalue weighted by molar-refractivity contribution is -0.113. The number of carbonyl (C=O) groups is 1. The molecule has 0 saturated carbocycles. The smallest absolute Gasteiger partial charge is 0.263 e. The Kier molecular flexibility index (Phi) is 6.24. The standard InChI is InChI=1S/C22H21F2N3O2S2/c1-3-8-27-21(29)19-14-6-4-12(2)9-17(14)31-20(19)26-22(27)30-11-18(28)25-16-7-5-13(23)10-15(16)24/h3,5,7,10,12H,1,4,6,8-9,11H2,2H3,(H,25,28). The minimum atomic E-state index is -0.847. The molecule has 31 heavy (non-hydrogen) atoms. The Labute approximate surface area is 186 Å². The van der Waals surface area contributed by atoms with Gasteiger partial charge in [0.1, 0.15) is 16.5 Å². The molecule has 3 aromatic rings. The zero-order chi connectivity index (χ0) is 22.1. The van der Waals surface area contributed by atoms with E-state index in [0.29, 0.717) is 27.4 Å². The van der Waals surface area contributed by atoms with Gasteiger partial charge < -0.3 is 5.32 Å². The monoisotopic (exact) mass is 461 g/mol. The minimum Gasteiger partial charge on any atom is -0.323 e. The van der Waals surface area contributed by atoms with E-state index in [2.05, 4.69) is 23.8 Å². The molecule has 5 nitrogen and oxygen atoms in total. The summed E-state index contributed by atoms with van der Waals surface area (Å²) >= 11 is 2.65. The molecule has 4 rings (SSSR count). The molecule has 1 aromatic carbocycles. The summed E-state index contributed by atoms with van der Waals surface area (Å²) < 4.78 is 28.3. The first-order valence-corrected chi connectivity index (χ1v) is 11.7. The highest BCUT2D eigenvalue weighted by molar-refractivity contribution is 7.99. The molecule has 1 atom stereocenters. The van der Waals surface area contributed by atoms with E-state index in [4.69, 9.17) is 0 Å². The summed E-state index contributed by atoms with van der Waals surface area (Å²) in [7, 11) is 0. The average Bonchev–Trinajstić information content (AvgIpc) is 3.08. The van der Waals surface area contributed by atoms with Crippen LogP contribution in [0.1, 0.15) is 23.8 Å². The molecule has 9 heteroatoms. The third kappa shape index (κ3) is 4.43. The Morgan fingerprint density at radius 2 is 2.26 bits per heavy atom. The van der Waals surface area contributed by atoms with Crippen molar-refractivity contribution in [3.63, 3.8) is 0 Å². The second-order valence-electron chi connectivity index (χ2n) is 7.59. The molecule has 0 aliphatic heterocycles. The number of halogens is 2. The van der Waals surface area contributed by atoms with Crippen LogP contribution in [-0.2, 0) is 24.2 Å². The normalized spacial score (nSPS) is 15.6. The molecule has 0 bridgehead atoms. The summed E-state index contributed by atoms with van der Waals surface area (Å²) in [5, 5.41) is 3.51. The van der Waals surface area contributed by atoms with E-state index in [1.165, 1.54) is 15.5 Å². The summed E-state index contributed by atoms with van der Waals surface area (Å²) in [6.07, 6.45) is 4.50. The van der Waals surface area contributed by atoms with Crippen molar-refractivity contribution in [2.24, 2.45) is 5.92 Å². The first-order valence-electron chi connectivity index (χ1n) is 9.91. The number of hydrogen-bond donors (Lipinski definition) is 1. The van der Waals surface area contributed by atoms with Crippen molar-refractivity contribution in [1.29, 1.82) is 0 Å². The highest BCUT2D eigenvalue weighted by atomic mass is 32.2. The van der Waals surface area contributed by atoms with Crippen LogP contribution in [0.5, 0.6) is 0 Å². The van der Waals surface area contributed by atoms with Crippen LogP contribution in [0, 0.1) is 17.6 Å². The number of benzene rings is 1. The zero-order valence-electron chi connectivity index (χ0n) is 16.9. The molecule has 1 aliphatic rings. The fourth-order valence-electron chi connectivity index (χ4n) is 3.71. The first-order chi connectivity index (χ1) is 14.9. The van der Waals surface area contributed by atoms with Gasteiger partial charge in [0.05, 0.1) is 16.8 Å². The third-order valence-electron chi connectivity index (χ3n) is 5.23. The van der Waals surface area contributed by atoms with Crippen LogP contribution in [0.25, 0.3) is 10.2 Å². The van der Waals surface area contributed by atoms with Gasteiger partial charge in [-0.05, 0) is 42.9 Å². The Morgan fingerprint density at radius 1 is 1.45 bits per heavy atom. The van der Waals surface area contributed by atoms with Crippen molar-refractivity contribution in [3.8, 4) is 0 Å². The minimum absolute atomic E-state index is 0.0754. The van der Waals surface area contributed by atoms with Crippen molar-refractivity contribution in [1.82, 2.24) is 9.55 Å². The molecule has 2 aromatic heterocycles. The molecule has 162 valence electrons. The first kappa shape index (κ1) is 21.7. The van der Waals surface area contributed by atoms with Crippen LogP contribution in [0.2, 0.25) is 0 Å². The van der Waals surface area contributed by atoms with Crippen LogP contribution in [0.4, 0.5) is 14.5 Å². The van der Waals surface area contributed by atoms with E-state index < -0.39 is 17.5 Å². The zero-order valence-corrected chi connectivity index (χ0v) is 18.5. The number of hydrogen-bond acceptors (Lipinski definition) is 5. The van der Waals surface area contributed by atoms with Gasteiger partial charge in [-0.25, -0.2) is 13.8 Å². The number of aromatic nitrogens is 2. The van der Waals surface area contributed by atoms with Crippen molar-refractivity contribution in [2.45, 2.75) is 37.9 Å². The maximum Gasteiger partial charge on any atom is 0.263 e. The number of aryl methyl sites for hydroxylation is 1. The fourth-order valence-corrected chi connectivity index (χ4v) is 5.94. The Hall–Kier alpha value is -2.52. The molecule has 1 amide bonds. The molecule has 0 fully saturated rings. The van der Waals surface area contributed by atoms with Crippen LogP contribution in [0.15, 0.2) is 40.8 Å². The van der Waals surface area contributed by atoms with Gasteiger partial charge in [0.25, 0.3) is 5.56 Å². The summed E-state index contributed by atoms with van der Waals surface area (Å²) in [6, 6.07) is 2.95. The molecule has 0 saturated heterocycles. The molecular weight excluding hydrogens is 440 g/mol. The van der Waals surface area contributed by atoms with Gasteiger partial charge in [-0.2, -0.15) is 0 Å². The van der Waals surface area contributed by atoms with E-state index in [1.54, 1.807) is 17.4 Å². The number of thiophene rings is 1. The molecule has 0 radical (unpaired) electrons. The lowest BCUT2D eigenvalue weighted by Crippen LogP contribution is -2.24. The molecule has 1 unspecified atom stereocenters. The summed E-state index contributed by atoms with van der Waals surface area (Å²) in [5.41, 5.74) is 0.887. The van der Waals surface area contributed by atoms with E-state index in [0.717, 1.165) is 42.7 Å².